The summed E-state index contributed by atoms with van der Waals surface area (Å²) in [5.41, 5.74) is 1.22. The third-order valence-corrected chi connectivity index (χ3v) is 2.82. The Morgan fingerprint density at radius 2 is 1.06 bits per heavy atom. The first-order chi connectivity index (χ1) is 8.74. The van der Waals surface area contributed by atoms with E-state index in [-0.39, 0.29) is 0 Å². The fourth-order valence-electron chi connectivity index (χ4n) is 1.74. The van der Waals surface area contributed by atoms with E-state index in [1.165, 1.54) is 0 Å². The molecule has 2 nitrogen and oxygen atoms in total. The van der Waals surface area contributed by atoms with Gasteiger partial charge in [0.15, 0.2) is 6.17 Å². The summed E-state index contributed by atoms with van der Waals surface area (Å²) in [5, 5.41) is 0. The maximum absolute atomic E-state index is 14.3. The Balaban J connectivity index is 2.20. The molecule has 18 heavy (non-hydrogen) atoms. The summed E-state index contributed by atoms with van der Waals surface area (Å²) < 4.78 is 24.3. The summed E-state index contributed by atoms with van der Waals surface area (Å²) in [4.78, 5) is 0. The molecule has 0 atom stereocenters. The number of alkyl halides is 1. The normalized spacial score (nSPS) is 10.4. The average Bonchev–Trinajstić information content (AvgIpc) is 2.47. The van der Waals surface area contributed by atoms with Gasteiger partial charge in [-0.05, 0) is 35.4 Å². The topological polar surface area (TPSA) is 18.5 Å². The number of rotatable bonds is 4. The molecule has 0 bridgehead atoms. The summed E-state index contributed by atoms with van der Waals surface area (Å²) in [5.74, 6) is 1.45. The Bertz CT molecular complexity index is 443. The molecule has 94 valence electrons. The van der Waals surface area contributed by atoms with Crippen LogP contribution in [0.4, 0.5) is 4.39 Å². The van der Waals surface area contributed by atoms with Gasteiger partial charge in [-0.3, -0.25) is 0 Å². The van der Waals surface area contributed by atoms with Crippen LogP contribution in [0.3, 0.4) is 0 Å². The Morgan fingerprint density at radius 1 is 0.722 bits per heavy atom. The van der Waals surface area contributed by atoms with Crippen molar-refractivity contribution < 1.29 is 13.9 Å². The van der Waals surface area contributed by atoms with E-state index in [0.717, 1.165) is 11.5 Å². The minimum Gasteiger partial charge on any atom is -0.497 e. The van der Waals surface area contributed by atoms with Gasteiger partial charge in [0.05, 0.1) is 14.2 Å². The molecule has 2 aromatic rings. The monoisotopic (exact) mass is 246 g/mol. The van der Waals surface area contributed by atoms with Gasteiger partial charge in [-0.2, -0.15) is 0 Å². The molecule has 0 saturated carbocycles. The highest BCUT2D eigenvalue weighted by Crippen LogP contribution is 2.28. The second-order valence-corrected chi connectivity index (χ2v) is 3.91. The first-order valence-corrected chi connectivity index (χ1v) is 5.66. The van der Waals surface area contributed by atoms with Crippen molar-refractivity contribution in [1.29, 1.82) is 0 Å². The minimum atomic E-state index is -1.14. The van der Waals surface area contributed by atoms with Crippen molar-refractivity contribution in [2.45, 2.75) is 6.17 Å². The quantitative estimate of drug-likeness (QED) is 0.817. The lowest BCUT2D eigenvalue weighted by molar-refractivity contribution is 0.395. The molecule has 0 aliphatic heterocycles. The number of hydrogen-bond donors (Lipinski definition) is 0. The van der Waals surface area contributed by atoms with Crippen LogP contribution in [0, 0.1) is 0 Å². The first-order valence-electron chi connectivity index (χ1n) is 5.66. The van der Waals surface area contributed by atoms with Gasteiger partial charge in [0.1, 0.15) is 11.5 Å². The van der Waals surface area contributed by atoms with Crippen LogP contribution in [0.1, 0.15) is 17.3 Å². The second-order valence-electron chi connectivity index (χ2n) is 3.91. The molecular formula is C15H15FO2. The van der Waals surface area contributed by atoms with Crippen molar-refractivity contribution in [3.05, 3.63) is 59.7 Å². The molecule has 0 spiro atoms. The van der Waals surface area contributed by atoms with Crippen molar-refractivity contribution in [2.24, 2.45) is 0 Å². The molecule has 0 amide bonds. The first kappa shape index (κ1) is 12.4. The molecule has 3 heteroatoms. The van der Waals surface area contributed by atoms with E-state index in [0.29, 0.717) is 11.1 Å². The molecule has 0 aliphatic carbocycles. The lowest BCUT2D eigenvalue weighted by Crippen LogP contribution is -1.95. The van der Waals surface area contributed by atoms with E-state index in [2.05, 4.69) is 0 Å². The van der Waals surface area contributed by atoms with E-state index in [1.54, 1.807) is 62.8 Å². The third kappa shape index (κ3) is 2.62. The number of ether oxygens (including phenoxy) is 2. The molecule has 0 radical (unpaired) electrons. The number of benzene rings is 2. The molecule has 0 unspecified atom stereocenters. The van der Waals surface area contributed by atoms with E-state index in [1.807, 2.05) is 0 Å². The highest BCUT2D eigenvalue weighted by Gasteiger charge is 2.12. The summed E-state index contributed by atoms with van der Waals surface area (Å²) in [6, 6.07) is 13.9. The SMILES string of the molecule is COc1ccc(C(F)c2ccc(OC)cc2)cc1. The number of halogens is 1. The van der Waals surface area contributed by atoms with Crippen LogP contribution in [-0.2, 0) is 0 Å². The molecule has 0 heterocycles. The lowest BCUT2D eigenvalue weighted by Gasteiger charge is -2.10. The minimum absolute atomic E-state index is 0.612. The largest absolute Gasteiger partial charge is 0.497 e. The molecule has 2 rings (SSSR count). The van der Waals surface area contributed by atoms with Crippen LogP contribution in [-0.4, -0.2) is 14.2 Å². The second kappa shape index (κ2) is 5.54. The maximum Gasteiger partial charge on any atom is 0.150 e. The summed E-state index contributed by atoms with van der Waals surface area (Å²) in [6.45, 7) is 0. The highest BCUT2D eigenvalue weighted by atomic mass is 19.1. The van der Waals surface area contributed by atoms with Crippen molar-refractivity contribution in [1.82, 2.24) is 0 Å². The maximum atomic E-state index is 14.3. The molecule has 2 aromatic carbocycles. The van der Waals surface area contributed by atoms with Crippen molar-refractivity contribution in [2.75, 3.05) is 14.2 Å². The van der Waals surface area contributed by atoms with Gasteiger partial charge in [-0.15, -0.1) is 0 Å². The number of hydrogen-bond acceptors (Lipinski definition) is 2. The average molecular weight is 246 g/mol. The molecule has 0 N–H and O–H groups in total. The Labute approximate surface area is 106 Å². The van der Waals surface area contributed by atoms with Crippen molar-refractivity contribution in [3.63, 3.8) is 0 Å². The van der Waals surface area contributed by atoms with Crippen LogP contribution < -0.4 is 9.47 Å². The van der Waals surface area contributed by atoms with E-state index < -0.39 is 6.17 Å². The summed E-state index contributed by atoms with van der Waals surface area (Å²) in [6.07, 6.45) is -1.14. The third-order valence-electron chi connectivity index (χ3n) is 2.82. The molecular weight excluding hydrogens is 231 g/mol. The van der Waals surface area contributed by atoms with Gasteiger partial charge in [0, 0.05) is 0 Å². The Kier molecular flexibility index (Phi) is 3.82. The zero-order valence-electron chi connectivity index (χ0n) is 10.4. The van der Waals surface area contributed by atoms with Crippen molar-refractivity contribution in [3.8, 4) is 11.5 Å². The number of methoxy groups -OCH3 is 2. The van der Waals surface area contributed by atoms with E-state index >= 15 is 0 Å². The highest BCUT2D eigenvalue weighted by molar-refractivity contribution is 5.36. The zero-order valence-corrected chi connectivity index (χ0v) is 10.4. The predicted octanol–water partition coefficient (Wildman–Crippen LogP) is 3.76. The van der Waals surface area contributed by atoms with Gasteiger partial charge in [0.25, 0.3) is 0 Å². The van der Waals surface area contributed by atoms with Crippen LogP contribution in [0.5, 0.6) is 11.5 Å². The van der Waals surface area contributed by atoms with Gasteiger partial charge < -0.3 is 9.47 Å². The zero-order chi connectivity index (χ0) is 13.0. The van der Waals surface area contributed by atoms with Gasteiger partial charge in [-0.25, -0.2) is 4.39 Å². The van der Waals surface area contributed by atoms with Crippen LogP contribution in [0.2, 0.25) is 0 Å². The molecule has 0 aliphatic rings. The van der Waals surface area contributed by atoms with Gasteiger partial charge >= 0.3 is 0 Å². The summed E-state index contributed by atoms with van der Waals surface area (Å²) in [7, 11) is 3.18. The van der Waals surface area contributed by atoms with Crippen LogP contribution in [0.25, 0.3) is 0 Å². The molecule has 0 aromatic heterocycles. The smallest absolute Gasteiger partial charge is 0.150 e. The Hall–Kier alpha value is -2.03. The van der Waals surface area contributed by atoms with E-state index in [9.17, 15) is 4.39 Å². The fourth-order valence-corrected chi connectivity index (χ4v) is 1.74. The van der Waals surface area contributed by atoms with Crippen molar-refractivity contribution >= 4 is 0 Å². The molecule has 0 fully saturated rings. The molecule has 0 saturated heterocycles. The van der Waals surface area contributed by atoms with Crippen LogP contribution >= 0.6 is 0 Å². The lowest BCUT2D eigenvalue weighted by atomic mass is 10.0. The summed E-state index contributed by atoms with van der Waals surface area (Å²) >= 11 is 0. The predicted molar refractivity (Wildman–Crippen MR) is 68.9 cm³/mol. The van der Waals surface area contributed by atoms with Crippen LogP contribution in [0.15, 0.2) is 48.5 Å². The standard InChI is InChI=1S/C15H15FO2/c1-17-13-7-3-11(4-8-13)15(16)12-5-9-14(18-2)10-6-12/h3-10,15H,1-2H3. The fraction of sp³-hybridized carbons (Fsp3) is 0.200. The van der Waals surface area contributed by atoms with Gasteiger partial charge in [-0.1, -0.05) is 24.3 Å². The van der Waals surface area contributed by atoms with Gasteiger partial charge in [0.2, 0.25) is 0 Å². The van der Waals surface area contributed by atoms with E-state index in [4.69, 9.17) is 9.47 Å². The Morgan fingerprint density at radius 3 is 1.33 bits per heavy atom.